The first-order valence-electron chi connectivity index (χ1n) is 7.06. The van der Waals surface area contributed by atoms with Crippen LogP contribution in [-0.2, 0) is 16.0 Å². The standard InChI is InChI=1S/C17H19NO4/c1-10-16-13(7-8-18)5-4-6-14(16)9-15(21-11(2)19)17(10)22-12(3)20/h4-6,9H,7-8,18H2,1-3H3. The molecule has 0 saturated carbocycles. The van der Waals surface area contributed by atoms with E-state index < -0.39 is 11.9 Å². The largest absolute Gasteiger partial charge is 0.423 e. The lowest BCUT2D eigenvalue weighted by atomic mass is 9.97. The number of nitrogens with two attached hydrogens (primary N) is 1. The van der Waals surface area contributed by atoms with Gasteiger partial charge in [-0.1, -0.05) is 18.2 Å². The van der Waals surface area contributed by atoms with Crippen LogP contribution >= 0.6 is 0 Å². The minimum Gasteiger partial charge on any atom is -0.423 e. The van der Waals surface area contributed by atoms with Crippen LogP contribution in [-0.4, -0.2) is 18.5 Å². The highest BCUT2D eigenvalue weighted by molar-refractivity contribution is 5.94. The van der Waals surface area contributed by atoms with Crippen LogP contribution in [0.4, 0.5) is 0 Å². The van der Waals surface area contributed by atoms with E-state index in [0.717, 1.165) is 21.9 Å². The molecule has 22 heavy (non-hydrogen) atoms. The molecule has 2 aromatic rings. The van der Waals surface area contributed by atoms with Gasteiger partial charge in [0.05, 0.1) is 0 Å². The van der Waals surface area contributed by atoms with Crippen LogP contribution in [0.1, 0.15) is 25.0 Å². The fourth-order valence-electron chi connectivity index (χ4n) is 2.57. The van der Waals surface area contributed by atoms with Gasteiger partial charge in [-0.25, -0.2) is 0 Å². The molecule has 0 aromatic heterocycles. The maximum atomic E-state index is 11.4. The lowest BCUT2D eigenvalue weighted by Crippen LogP contribution is -2.09. The number of benzene rings is 2. The molecule has 2 rings (SSSR count). The van der Waals surface area contributed by atoms with Gasteiger partial charge in [0.2, 0.25) is 0 Å². The predicted molar refractivity (Wildman–Crippen MR) is 84.1 cm³/mol. The minimum absolute atomic E-state index is 0.248. The van der Waals surface area contributed by atoms with Gasteiger partial charge in [-0.15, -0.1) is 0 Å². The fraction of sp³-hybridized carbons (Fsp3) is 0.294. The van der Waals surface area contributed by atoms with Crippen LogP contribution in [0.25, 0.3) is 10.8 Å². The molecule has 0 aliphatic heterocycles. The van der Waals surface area contributed by atoms with Crippen LogP contribution in [0.15, 0.2) is 24.3 Å². The van der Waals surface area contributed by atoms with E-state index in [-0.39, 0.29) is 11.5 Å². The molecule has 0 saturated heterocycles. The van der Waals surface area contributed by atoms with E-state index in [2.05, 4.69) is 0 Å². The van der Waals surface area contributed by atoms with Gasteiger partial charge in [0.1, 0.15) is 0 Å². The molecule has 2 aromatic carbocycles. The van der Waals surface area contributed by atoms with E-state index in [0.29, 0.717) is 13.0 Å². The van der Waals surface area contributed by atoms with Gasteiger partial charge >= 0.3 is 11.9 Å². The van der Waals surface area contributed by atoms with Crippen molar-refractivity contribution in [3.63, 3.8) is 0 Å². The Kier molecular flexibility index (Phi) is 4.78. The first kappa shape index (κ1) is 16.0. The van der Waals surface area contributed by atoms with Crippen molar-refractivity contribution >= 4 is 22.7 Å². The molecule has 0 unspecified atom stereocenters. The van der Waals surface area contributed by atoms with Crippen LogP contribution in [0.3, 0.4) is 0 Å². The topological polar surface area (TPSA) is 78.6 Å². The molecule has 5 nitrogen and oxygen atoms in total. The number of carbonyl (C=O) groups is 2. The number of aryl methyl sites for hydroxylation is 1. The molecule has 0 bridgehead atoms. The molecule has 0 fully saturated rings. The number of ether oxygens (including phenoxy) is 2. The van der Waals surface area contributed by atoms with Crippen LogP contribution in [0.2, 0.25) is 0 Å². The van der Waals surface area contributed by atoms with Gasteiger partial charge in [-0.3, -0.25) is 9.59 Å². The highest BCUT2D eigenvalue weighted by atomic mass is 16.6. The third-order valence-corrected chi connectivity index (χ3v) is 3.32. The molecule has 5 heteroatoms. The molecule has 0 radical (unpaired) electrons. The smallest absolute Gasteiger partial charge is 0.308 e. The number of hydrogen-bond acceptors (Lipinski definition) is 5. The maximum absolute atomic E-state index is 11.4. The Morgan fingerprint density at radius 2 is 1.82 bits per heavy atom. The number of rotatable bonds is 4. The van der Waals surface area contributed by atoms with Crippen molar-refractivity contribution in [3.05, 3.63) is 35.4 Å². The second-order valence-electron chi connectivity index (χ2n) is 5.07. The van der Waals surface area contributed by atoms with Gasteiger partial charge in [-0.05, 0) is 42.3 Å². The van der Waals surface area contributed by atoms with E-state index in [1.165, 1.54) is 13.8 Å². The Labute approximate surface area is 129 Å². The van der Waals surface area contributed by atoms with E-state index in [1.54, 1.807) is 6.07 Å². The summed E-state index contributed by atoms with van der Waals surface area (Å²) in [4.78, 5) is 22.7. The number of fused-ring (bicyclic) bond motifs is 1. The summed E-state index contributed by atoms with van der Waals surface area (Å²) in [6.07, 6.45) is 0.713. The highest BCUT2D eigenvalue weighted by Gasteiger charge is 2.18. The zero-order valence-electron chi connectivity index (χ0n) is 12.9. The third kappa shape index (κ3) is 3.26. The van der Waals surface area contributed by atoms with Crippen molar-refractivity contribution in [1.82, 2.24) is 0 Å². The molecule has 2 N–H and O–H groups in total. The molecule has 0 atom stereocenters. The van der Waals surface area contributed by atoms with Gasteiger partial charge in [0, 0.05) is 19.4 Å². The third-order valence-electron chi connectivity index (χ3n) is 3.32. The fourth-order valence-corrected chi connectivity index (χ4v) is 2.57. The summed E-state index contributed by atoms with van der Waals surface area (Å²) >= 11 is 0. The van der Waals surface area contributed by atoms with E-state index >= 15 is 0 Å². The second kappa shape index (κ2) is 6.58. The van der Waals surface area contributed by atoms with Crippen molar-refractivity contribution in [3.8, 4) is 11.5 Å². The van der Waals surface area contributed by atoms with Crippen LogP contribution in [0, 0.1) is 6.92 Å². The Morgan fingerprint density at radius 1 is 1.14 bits per heavy atom. The van der Waals surface area contributed by atoms with Gasteiger partial charge < -0.3 is 15.2 Å². The molecule has 0 heterocycles. The summed E-state index contributed by atoms with van der Waals surface area (Å²) in [6, 6.07) is 7.55. The Morgan fingerprint density at radius 3 is 2.41 bits per heavy atom. The molecule has 0 aliphatic carbocycles. The average molecular weight is 301 g/mol. The Bertz CT molecular complexity index is 737. The monoisotopic (exact) mass is 301 g/mol. The van der Waals surface area contributed by atoms with Crippen molar-refractivity contribution in [2.24, 2.45) is 5.73 Å². The molecule has 0 spiro atoms. The molecule has 0 amide bonds. The number of esters is 2. The summed E-state index contributed by atoms with van der Waals surface area (Å²) in [6.45, 7) is 4.98. The first-order chi connectivity index (χ1) is 10.4. The quantitative estimate of drug-likeness (QED) is 0.693. The average Bonchev–Trinajstić information content (AvgIpc) is 2.42. The summed E-state index contributed by atoms with van der Waals surface area (Å²) in [5.41, 5.74) is 7.49. The number of hydrogen-bond donors (Lipinski definition) is 1. The lowest BCUT2D eigenvalue weighted by molar-refractivity contribution is -0.134. The van der Waals surface area contributed by atoms with Gasteiger partial charge in [0.25, 0.3) is 0 Å². The summed E-state index contributed by atoms with van der Waals surface area (Å²) in [7, 11) is 0. The maximum Gasteiger partial charge on any atom is 0.308 e. The summed E-state index contributed by atoms with van der Waals surface area (Å²) < 4.78 is 10.5. The zero-order valence-corrected chi connectivity index (χ0v) is 12.9. The second-order valence-corrected chi connectivity index (χ2v) is 5.07. The van der Waals surface area contributed by atoms with Crippen molar-refractivity contribution in [1.29, 1.82) is 0 Å². The van der Waals surface area contributed by atoms with Gasteiger partial charge in [-0.2, -0.15) is 0 Å². The molecule has 0 aliphatic rings. The van der Waals surface area contributed by atoms with Crippen molar-refractivity contribution < 1.29 is 19.1 Å². The van der Waals surface area contributed by atoms with Crippen molar-refractivity contribution in [2.75, 3.05) is 6.54 Å². The van der Waals surface area contributed by atoms with Crippen LogP contribution < -0.4 is 15.2 Å². The lowest BCUT2D eigenvalue weighted by Gasteiger charge is -2.16. The summed E-state index contributed by atoms with van der Waals surface area (Å²) in [5.74, 6) is -0.408. The highest BCUT2D eigenvalue weighted by Crippen LogP contribution is 2.39. The van der Waals surface area contributed by atoms with Crippen LogP contribution in [0.5, 0.6) is 11.5 Å². The minimum atomic E-state index is -0.467. The Hall–Kier alpha value is -2.40. The SMILES string of the molecule is CC(=O)Oc1cc2cccc(CCN)c2c(C)c1OC(C)=O. The number of carbonyl (C=O) groups excluding carboxylic acids is 2. The van der Waals surface area contributed by atoms with E-state index in [9.17, 15) is 9.59 Å². The molecular formula is C17H19NO4. The molecular weight excluding hydrogens is 282 g/mol. The predicted octanol–water partition coefficient (Wildman–Crippen LogP) is 2.50. The molecule has 116 valence electrons. The first-order valence-corrected chi connectivity index (χ1v) is 7.06. The summed E-state index contributed by atoms with van der Waals surface area (Å²) in [5, 5.41) is 1.88. The van der Waals surface area contributed by atoms with E-state index in [1.807, 2.05) is 25.1 Å². The normalized spacial score (nSPS) is 10.5. The Balaban J connectivity index is 2.74. The van der Waals surface area contributed by atoms with Crippen molar-refractivity contribution in [2.45, 2.75) is 27.2 Å². The zero-order chi connectivity index (χ0) is 16.3. The van der Waals surface area contributed by atoms with Gasteiger partial charge in [0.15, 0.2) is 11.5 Å². The van der Waals surface area contributed by atoms with E-state index in [4.69, 9.17) is 15.2 Å².